The normalized spacial score (nSPS) is 19.9. The molecule has 1 aromatic heterocycles. The van der Waals surface area contributed by atoms with E-state index in [9.17, 15) is 9.90 Å². The van der Waals surface area contributed by atoms with Crippen molar-refractivity contribution in [1.82, 2.24) is 9.27 Å². The molecule has 0 radical (unpaired) electrons. The van der Waals surface area contributed by atoms with E-state index in [1.54, 1.807) is 7.05 Å². The number of likely N-dealkylation sites (tertiary alicyclic amines) is 1. The topological polar surface area (TPSA) is 65.5 Å². The highest BCUT2D eigenvalue weighted by Gasteiger charge is 2.27. The highest BCUT2D eigenvalue weighted by Crippen LogP contribution is 2.27. The van der Waals surface area contributed by atoms with Gasteiger partial charge in [0, 0.05) is 26.7 Å². The number of aryl methyl sites for hydroxylation is 1. The van der Waals surface area contributed by atoms with E-state index in [1.807, 2.05) is 11.8 Å². The molecule has 0 saturated carbocycles. The van der Waals surface area contributed by atoms with E-state index >= 15 is 0 Å². The summed E-state index contributed by atoms with van der Waals surface area (Å²) in [7, 11) is 1.80. The Morgan fingerprint density at radius 1 is 1.67 bits per heavy atom. The molecule has 2 heterocycles. The maximum absolute atomic E-state index is 12.5. The lowest BCUT2D eigenvalue weighted by Gasteiger charge is -2.32. The Bertz CT molecular complexity index is 433. The molecule has 1 unspecified atom stereocenters. The summed E-state index contributed by atoms with van der Waals surface area (Å²) in [5.74, 6) is 0.247. The molecule has 1 aromatic rings. The smallest absolute Gasteiger partial charge is 0.258 e. The molecule has 0 bridgehead atoms. The number of carbonyl (C=O) groups excluding carboxylic acids is 1. The molecule has 1 aliphatic rings. The van der Waals surface area contributed by atoms with Gasteiger partial charge in [0.25, 0.3) is 5.91 Å². The van der Waals surface area contributed by atoms with Gasteiger partial charge in [-0.15, -0.1) is 0 Å². The zero-order valence-electron chi connectivity index (χ0n) is 10.8. The maximum atomic E-state index is 12.5. The molecule has 18 heavy (non-hydrogen) atoms. The number of aromatic nitrogens is 1. The lowest BCUT2D eigenvalue weighted by Crippen LogP contribution is -2.41. The van der Waals surface area contributed by atoms with Crippen molar-refractivity contribution in [3.05, 3.63) is 11.3 Å². The average molecular weight is 269 g/mol. The number of hydrogen-bond donors (Lipinski definition) is 2. The molecule has 1 fully saturated rings. The lowest BCUT2D eigenvalue weighted by atomic mass is 9.98. The first-order valence-corrected chi connectivity index (χ1v) is 6.98. The Morgan fingerprint density at radius 2 is 2.44 bits per heavy atom. The first kappa shape index (κ1) is 13.3. The number of hydrogen-bond acceptors (Lipinski definition) is 5. The van der Waals surface area contributed by atoms with Gasteiger partial charge in [0.15, 0.2) is 0 Å². The number of piperidine rings is 1. The number of rotatable bonds is 3. The minimum Gasteiger partial charge on any atom is -0.396 e. The van der Waals surface area contributed by atoms with Crippen molar-refractivity contribution in [2.45, 2.75) is 19.8 Å². The van der Waals surface area contributed by atoms with Crippen LogP contribution in [-0.4, -0.2) is 47.0 Å². The number of nitrogens with zero attached hydrogens (tertiary/aromatic N) is 2. The zero-order valence-corrected chi connectivity index (χ0v) is 11.6. The number of amides is 1. The van der Waals surface area contributed by atoms with E-state index < -0.39 is 0 Å². The van der Waals surface area contributed by atoms with Crippen LogP contribution in [-0.2, 0) is 0 Å². The minimum absolute atomic E-state index is 0.0313. The predicted octanol–water partition coefficient (Wildman–Crippen LogP) is 1.34. The monoisotopic (exact) mass is 269 g/mol. The Morgan fingerprint density at radius 3 is 3.11 bits per heavy atom. The van der Waals surface area contributed by atoms with Crippen LogP contribution in [0.1, 0.15) is 28.9 Å². The van der Waals surface area contributed by atoms with Gasteiger partial charge < -0.3 is 15.3 Å². The molecule has 1 aliphatic heterocycles. The van der Waals surface area contributed by atoms with Crippen LogP contribution >= 0.6 is 11.5 Å². The molecule has 1 amide bonds. The van der Waals surface area contributed by atoms with Crippen molar-refractivity contribution in [1.29, 1.82) is 0 Å². The summed E-state index contributed by atoms with van der Waals surface area (Å²) in [5, 5.41) is 13.1. The molecule has 0 aromatic carbocycles. The number of aliphatic hydroxyl groups excluding tert-OH is 1. The first-order chi connectivity index (χ1) is 8.67. The van der Waals surface area contributed by atoms with Gasteiger partial charge >= 0.3 is 0 Å². The second kappa shape index (κ2) is 5.67. The minimum atomic E-state index is 0.0313. The van der Waals surface area contributed by atoms with Crippen LogP contribution in [0.2, 0.25) is 0 Å². The fourth-order valence-electron chi connectivity index (χ4n) is 2.35. The summed E-state index contributed by atoms with van der Waals surface area (Å²) in [6.45, 7) is 3.43. The average Bonchev–Trinajstić information content (AvgIpc) is 2.79. The molecule has 1 saturated heterocycles. The van der Waals surface area contributed by atoms with E-state index in [-0.39, 0.29) is 18.4 Å². The summed E-state index contributed by atoms with van der Waals surface area (Å²) in [4.78, 5) is 14.3. The SMILES string of the molecule is CNc1snc(C)c1C(=O)N1CCCC(CO)C1. The van der Waals surface area contributed by atoms with Crippen molar-refractivity contribution in [2.75, 3.05) is 32.1 Å². The summed E-state index contributed by atoms with van der Waals surface area (Å²) >= 11 is 1.32. The van der Waals surface area contributed by atoms with Gasteiger partial charge in [-0.3, -0.25) is 4.79 Å². The number of anilines is 1. The molecule has 0 spiro atoms. The van der Waals surface area contributed by atoms with Gasteiger partial charge in [-0.25, -0.2) is 0 Å². The Kier molecular flexibility index (Phi) is 4.19. The van der Waals surface area contributed by atoms with E-state index in [0.29, 0.717) is 12.1 Å². The third-order valence-corrected chi connectivity index (χ3v) is 4.32. The van der Waals surface area contributed by atoms with Crippen molar-refractivity contribution in [2.24, 2.45) is 5.92 Å². The van der Waals surface area contributed by atoms with Gasteiger partial charge in [-0.2, -0.15) is 4.37 Å². The Hall–Kier alpha value is -1.14. The molecular formula is C12H19N3O2S. The fourth-order valence-corrected chi connectivity index (χ4v) is 3.09. The summed E-state index contributed by atoms with van der Waals surface area (Å²) in [5.41, 5.74) is 1.46. The van der Waals surface area contributed by atoms with Crippen molar-refractivity contribution in [3.63, 3.8) is 0 Å². The number of carbonyl (C=O) groups is 1. The fraction of sp³-hybridized carbons (Fsp3) is 0.667. The quantitative estimate of drug-likeness (QED) is 0.869. The number of aliphatic hydroxyl groups is 1. The summed E-state index contributed by atoms with van der Waals surface area (Å²) in [6, 6.07) is 0. The highest BCUT2D eigenvalue weighted by molar-refractivity contribution is 7.10. The van der Waals surface area contributed by atoms with Crippen LogP contribution in [0.25, 0.3) is 0 Å². The third kappa shape index (κ3) is 2.49. The van der Waals surface area contributed by atoms with Crippen LogP contribution in [0.5, 0.6) is 0 Å². The van der Waals surface area contributed by atoms with E-state index in [0.717, 1.165) is 30.1 Å². The lowest BCUT2D eigenvalue weighted by molar-refractivity contribution is 0.0621. The Balaban J connectivity index is 2.17. The largest absolute Gasteiger partial charge is 0.396 e. The van der Waals surface area contributed by atoms with E-state index in [1.165, 1.54) is 11.5 Å². The van der Waals surface area contributed by atoms with Gasteiger partial charge in [0.1, 0.15) is 5.00 Å². The first-order valence-electron chi connectivity index (χ1n) is 6.21. The second-order valence-electron chi connectivity index (χ2n) is 4.66. The molecule has 6 heteroatoms. The standard InChI is InChI=1S/C12H19N3O2S/c1-8-10(11(13-2)18-14-8)12(17)15-5-3-4-9(6-15)7-16/h9,13,16H,3-7H2,1-2H3. The van der Waals surface area contributed by atoms with E-state index in [2.05, 4.69) is 9.69 Å². The maximum Gasteiger partial charge on any atom is 0.258 e. The van der Waals surface area contributed by atoms with Crippen molar-refractivity contribution < 1.29 is 9.90 Å². The second-order valence-corrected chi connectivity index (χ2v) is 5.44. The van der Waals surface area contributed by atoms with E-state index in [4.69, 9.17) is 0 Å². The number of nitrogens with one attached hydrogen (secondary N) is 1. The molecule has 2 rings (SSSR count). The van der Waals surface area contributed by atoms with Crippen LogP contribution in [0.3, 0.4) is 0 Å². The van der Waals surface area contributed by atoms with Gasteiger partial charge in [-0.05, 0) is 37.2 Å². The van der Waals surface area contributed by atoms with Gasteiger partial charge in [0.2, 0.25) is 0 Å². The predicted molar refractivity (Wildman–Crippen MR) is 72.1 cm³/mol. The molecule has 5 nitrogen and oxygen atoms in total. The molecule has 100 valence electrons. The van der Waals surface area contributed by atoms with Crippen LogP contribution in [0, 0.1) is 12.8 Å². The molecule has 1 atom stereocenters. The summed E-state index contributed by atoms with van der Waals surface area (Å²) in [6.07, 6.45) is 1.96. The Labute approximate surface area is 111 Å². The van der Waals surface area contributed by atoms with Crippen molar-refractivity contribution >= 4 is 22.4 Å². The molecule has 0 aliphatic carbocycles. The molecule has 2 N–H and O–H groups in total. The van der Waals surface area contributed by atoms with Gasteiger partial charge in [0.05, 0.1) is 11.3 Å². The molecular weight excluding hydrogens is 250 g/mol. The van der Waals surface area contributed by atoms with Crippen LogP contribution in [0.15, 0.2) is 0 Å². The van der Waals surface area contributed by atoms with Crippen LogP contribution < -0.4 is 5.32 Å². The van der Waals surface area contributed by atoms with Crippen molar-refractivity contribution in [3.8, 4) is 0 Å². The summed E-state index contributed by atoms with van der Waals surface area (Å²) < 4.78 is 4.22. The zero-order chi connectivity index (χ0) is 13.1. The third-order valence-electron chi connectivity index (χ3n) is 3.37. The van der Waals surface area contributed by atoms with Gasteiger partial charge in [-0.1, -0.05) is 0 Å². The van der Waals surface area contributed by atoms with Crippen LogP contribution in [0.4, 0.5) is 5.00 Å². The highest BCUT2D eigenvalue weighted by atomic mass is 32.1.